The van der Waals surface area contributed by atoms with Crippen molar-refractivity contribution in [3.63, 3.8) is 0 Å². The first-order valence-corrected chi connectivity index (χ1v) is 6.49. The average molecular weight is 265 g/mol. The van der Waals surface area contributed by atoms with Crippen LogP contribution in [0.3, 0.4) is 0 Å². The average Bonchev–Trinajstić information content (AvgIpc) is 2.15. The lowest BCUT2D eigenvalue weighted by Crippen LogP contribution is -2.03. The van der Waals surface area contributed by atoms with E-state index in [2.05, 4.69) is 0 Å². The van der Waals surface area contributed by atoms with Crippen LogP contribution in [-0.2, 0) is 20.3 Å². The Bertz CT molecular complexity index is 509. The highest BCUT2D eigenvalue weighted by atomic mass is 35.7. The summed E-state index contributed by atoms with van der Waals surface area (Å²) in [6.45, 7) is 0. The molecule has 0 bridgehead atoms. The second-order valence-electron chi connectivity index (χ2n) is 2.98. The highest BCUT2D eigenvalue weighted by Crippen LogP contribution is 2.24. The molecule has 1 aromatic rings. The maximum Gasteiger partial charge on any atom is 0.307 e. The smallest absolute Gasteiger partial charge is 0.307 e. The molecule has 0 heterocycles. The lowest BCUT2D eigenvalue weighted by Gasteiger charge is -2.07. The predicted octanol–water partition coefficient (Wildman–Crippen LogP) is 1.25. The molecule has 0 aliphatic carbocycles. The van der Waals surface area contributed by atoms with E-state index in [1.807, 2.05) is 0 Å². The molecule has 0 saturated carbocycles. The Hall–Kier alpha value is -1.27. The molecule has 0 fully saturated rings. The molecule has 0 aliphatic heterocycles. The second-order valence-corrected chi connectivity index (χ2v) is 5.55. The normalized spacial score (nSPS) is 11.1. The van der Waals surface area contributed by atoms with Gasteiger partial charge in [-0.05, 0) is 18.2 Å². The summed E-state index contributed by atoms with van der Waals surface area (Å²) >= 11 is 0. The summed E-state index contributed by atoms with van der Waals surface area (Å²) in [6.07, 6.45) is -0.330. The number of hydrogen-bond donors (Lipinski definition) is 1. The maximum atomic E-state index is 11.0. The van der Waals surface area contributed by atoms with Crippen LogP contribution in [0, 0.1) is 0 Å². The number of aliphatic carboxylic acids is 1. The number of methoxy groups -OCH3 is 1. The van der Waals surface area contributed by atoms with Crippen molar-refractivity contribution < 1.29 is 23.1 Å². The number of benzene rings is 1. The molecule has 16 heavy (non-hydrogen) atoms. The van der Waals surface area contributed by atoms with Crippen molar-refractivity contribution in [2.45, 2.75) is 11.3 Å². The van der Waals surface area contributed by atoms with Crippen molar-refractivity contribution in [1.82, 2.24) is 0 Å². The molecule has 0 radical (unpaired) electrons. The van der Waals surface area contributed by atoms with Gasteiger partial charge in [0.05, 0.1) is 18.4 Å². The largest absolute Gasteiger partial charge is 0.496 e. The summed E-state index contributed by atoms with van der Waals surface area (Å²) in [6, 6.07) is 3.81. The SMILES string of the molecule is COc1ccc(S(=O)(=O)Cl)cc1CC(=O)O. The van der Waals surface area contributed by atoms with Gasteiger partial charge in [0.1, 0.15) is 5.75 Å². The number of hydrogen-bond acceptors (Lipinski definition) is 4. The molecule has 0 atom stereocenters. The van der Waals surface area contributed by atoms with Crippen LogP contribution in [0.2, 0.25) is 0 Å². The zero-order valence-electron chi connectivity index (χ0n) is 8.31. The Morgan fingerprint density at radius 3 is 2.56 bits per heavy atom. The molecule has 5 nitrogen and oxygen atoms in total. The van der Waals surface area contributed by atoms with Crippen LogP contribution in [0.15, 0.2) is 23.1 Å². The fraction of sp³-hybridized carbons (Fsp3) is 0.222. The lowest BCUT2D eigenvalue weighted by atomic mass is 10.1. The summed E-state index contributed by atoms with van der Waals surface area (Å²) in [4.78, 5) is 10.4. The van der Waals surface area contributed by atoms with Gasteiger partial charge in [-0.25, -0.2) is 8.42 Å². The van der Waals surface area contributed by atoms with Gasteiger partial charge in [-0.3, -0.25) is 4.79 Å². The van der Waals surface area contributed by atoms with Gasteiger partial charge in [0.15, 0.2) is 0 Å². The zero-order valence-corrected chi connectivity index (χ0v) is 9.88. The molecule has 1 aromatic carbocycles. The number of ether oxygens (including phenoxy) is 1. The van der Waals surface area contributed by atoms with Crippen molar-refractivity contribution in [2.75, 3.05) is 7.11 Å². The third kappa shape index (κ3) is 3.11. The monoisotopic (exact) mass is 264 g/mol. The van der Waals surface area contributed by atoms with Crippen molar-refractivity contribution in [1.29, 1.82) is 0 Å². The molecule has 0 aliphatic rings. The van der Waals surface area contributed by atoms with Crippen LogP contribution in [-0.4, -0.2) is 26.6 Å². The van der Waals surface area contributed by atoms with Gasteiger partial charge in [0.25, 0.3) is 9.05 Å². The van der Waals surface area contributed by atoms with Crippen LogP contribution < -0.4 is 4.74 Å². The van der Waals surface area contributed by atoms with E-state index >= 15 is 0 Å². The van der Waals surface area contributed by atoms with E-state index in [4.69, 9.17) is 20.5 Å². The summed E-state index contributed by atoms with van der Waals surface area (Å²) < 4.78 is 27.0. The lowest BCUT2D eigenvalue weighted by molar-refractivity contribution is -0.136. The Morgan fingerprint density at radius 1 is 1.50 bits per heavy atom. The predicted molar refractivity (Wildman–Crippen MR) is 57.4 cm³/mol. The summed E-state index contributed by atoms with van der Waals surface area (Å²) in [5.41, 5.74) is 0.261. The molecule has 1 rings (SSSR count). The Kier molecular flexibility index (Phi) is 3.77. The van der Waals surface area contributed by atoms with E-state index in [9.17, 15) is 13.2 Å². The quantitative estimate of drug-likeness (QED) is 0.828. The van der Waals surface area contributed by atoms with E-state index in [-0.39, 0.29) is 16.9 Å². The fourth-order valence-electron chi connectivity index (χ4n) is 1.21. The number of halogens is 1. The zero-order chi connectivity index (χ0) is 12.3. The standard InChI is InChI=1S/C9H9ClO5S/c1-15-8-3-2-7(16(10,13)14)4-6(8)5-9(11)12/h2-4H,5H2,1H3,(H,11,12). The van der Waals surface area contributed by atoms with Gasteiger partial charge in [0.2, 0.25) is 0 Å². The minimum Gasteiger partial charge on any atom is -0.496 e. The number of rotatable bonds is 4. The molecule has 7 heteroatoms. The van der Waals surface area contributed by atoms with E-state index in [0.29, 0.717) is 5.75 Å². The van der Waals surface area contributed by atoms with Crippen LogP contribution in [0.1, 0.15) is 5.56 Å². The van der Waals surface area contributed by atoms with Crippen LogP contribution in [0.25, 0.3) is 0 Å². The molecule has 1 N–H and O–H groups in total. The topological polar surface area (TPSA) is 80.7 Å². The minimum atomic E-state index is -3.86. The van der Waals surface area contributed by atoms with Gasteiger partial charge in [-0.15, -0.1) is 0 Å². The second kappa shape index (κ2) is 4.71. The summed E-state index contributed by atoms with van der Waals surface area (Å²) in [5.74, 6) is -0.770. The van der Waals surface area contributed by atoms with E-state index < -0.39 is 15.0 Å². The van der Waals surface area contributed by atoms with Crippen molar-refractivity contribution in [2.24, 2.45) is 0 Å². The Labute approximate surface area is 97.0 Å². The number of carboxylic acids is 1. The number of carbonyl (C=O) groups is 1. The van der Waals surface area contributed by atoms with Gasteiger partial charge in [-0.2, -0.15) is 0 Å². The van der Waals surface area contributed by atoms with E-state index in [1.165, 1.54) is 25.3 Å². The molecule has 0 saturated heterocycles. The van der Waals surface area contributed by atoms with Crippen LogP contribution >= 0.6 is 10.7 Å². The van der Waals surface area contributed by atoms with Crippen molar-refractivity contribution >= 4 is 25.7 Å². The minimum absolute atomic E-state index is 0.147. The van der Waals surface area contributed by atoms with E-state index in [1.54, 1.807) is 0 Å². The Morgan fingerprint density at radius 2 is 2.12 bits per heavy atom. The van der Waals surface area contributed by atoms with E-state index in [0.717, 1.165) is 0 Å². The van der Waals surface area contributed by atoms with Crippen molar-refractivity contribution in [3.8, 4) is 5.75 Å². The van der Waals surface area contributed by atoms with Gasteiger partial charge >= 0.3 is 5.97 Å². The molecule has 0 aromatic heterocycles. The number of carboxylic acid groups (broad SMARTS) is 1. The molecule has 0 unspecified atom stereocenters. The van der Waals surface area contributed by atoms with Crippen molar-refractivity contribution in [3.05, 3.63) is 23.8 Å². The maximum absolute atomic E-state index is 11.0. The molecular formula is C9H9ClO5S. The molecule has 0 amide bonds. The third-order valence-corrected chi connectivity index (χ3v) is 3.23. The van der Waals surface area contributed by atoms with Crippen LogP contribution in [0.5, 0.6) is 5.75 Å². The fourth-order valence-corrected chi connectivity index (χ4v) is 2.01. The summed E-state index contributed by atoms with van der Waals surface area (Å²) in [7, 11) is 2.65. The third-order valence-electron chi connectivity index (χ3n) is 1.88. The van der Waals surface area contributed by atoms with Crippen LogP contribution in [0.4, 0.5) is 0 Å². The van der Waals surface area contributed by atoms with Gasteiger partial charge < -0.3 is 9.84 Å². The highest BCUT2D eigenvalue weighted by Gasteiger charge is 2.15. The first-order chi connectivity index (χ1) is 7.34. The molecule has 0 spiro atoms. The van der Waals surface area contributed by atoms with Gasteiger partial charge in [0, 0.05) is 16.2 Å². The summed E-state index contributed by atoms with van der Waals surface area (Å²) in [5, 5.41) is 8.64. The highest BCUT2D eigenvalue weighted by molar-refractivity contribution is 8.13. The van der Waals surface area contributed by atoms with Gasteiger partial charge in [-0.1, -0.05) is 0 Å². The first-order valence-electron chi connectivity index (χ1n) is 4.18. The Balaban J connectivity index is 3.27. The molecule has 88 valence electrons. The first kappa shape index (κ1) is 12.8. The molecular weight excluding hydrogens is 256 g/mol.